The molecule has 0 bridgehead atoms. The van der Waals surface area contributed by atoms with Gasteiger partial charge in [0.05, 0.1) is 20.6 Å². The van der Waals surface area contributed by atoms with Crippen molar-refractivity contribution in [1.82, 2.24) is 4.98 Å². The van der Waals surface area contributed by atoms with E-state index in [9.17, 15) is 14.0 Å². The van der Waals surface area contributed by atoms with Crippen molar-refractivity contribution in [2.45, 2.75) is 13.0 Å². The van der Waals surface area contributed by atoms with Crippen LogP contribution >= 0.6 is 15.2 Å². The molecule has 0 saturated carbocycles. The van der Waals surface area contributed by atoms with Gasteiger partial charge in [-0.1, -0.05) is 36.4 Å². The van der Waals surface area contributed by atoms with Crippen LogP contribution < -0.4 is 4.52 Å². The highest BCUT2D eigenvalue weighted by Crippen LogP contribution is 2.58. The summed E-state index contributed by atoms with van der Waals surface area (Å²) in [7, 11) is -3.36. The molecule has 0 spiro atoms. The summed E-state index contributed by atoms with van der Waals surface area (Å²) in [4.78, 5) is 13.2. The van der Waals surface area contributed by atoms with Gasteiger partial charge in [-0.25, -0.2) is 8.88 Å². The van der Waals surface area contributed by atoms with Gasteiger partial charge in [0.1, 0.15) is 12.3 Å². The zero-order chi connectivity index (χ0) is 22.0. The van der Waals surface area contributed by atoms with Crippen LogP contribution in [0.15, 0.2) is 54.7 Å². The van der Waals surface area contributed by atoms with Gasteiger partial charge >= 0.3 is 7.82 Å². The lowest BCUT2D eigenvalue weighted by Gasteiger charge is -2.30. The third-order valence-electron chi connectivity index (χ3n) is 4.70. The van der Waals surface area contributed by atoms with E-state index in [-0.39, 0.29) is 5.75 Å². The number of fused-ring (bicyclic) bond motifs is 1. The molecule has 0 saturated heterocycles. The Bertz CT molecular complexity index is 1110. The first-order valence-corrected chi connectivity index (χ1v) is 13.7. The number of nitrogens with one attached hydrogen (secondary N) is 1. The Hall–Kier alpha value is -1.88. The molecule has 3 aromatic rings. The van der Waals surface area contributed by atoms with Gasteiger partial charge in [0.25, 0.3) is 0 Å². The number of phosphoric acid groups is 1. The zero-order valence-corrected chi connectivity index (χ0v) is 19.5. The van der Waals surface area contributed by atoms with E-state index in [4.69, 9.17) is 8.83 Å². The van der Waals surface area contributed by atoms with Gasteiger partial charge in [-0.05, 0) is 17.7 Å². The first-order valence-electron chi connectivity index (χ1n) is 9.68. The van der Waals surface area contributed by atoms with Gasteiger partial charge in [0, 0.05) is 42.4 Å². The first kappa shape index (κ1) is 22.8. The van der Waals surface area contributed by atoms with Crippen LogP contribution in [0.4, 0.5) is 0 Å². The van der Waals surface area contributed by atoms with E-state index >= 15 is 0 Å². The molecular weight excluding hydrogens is 422 g/mol. The lowest BCUT2D eigenvalue weighted by Crippen LogP contribution is -2.40. The van der Waals surface area contributed by atoms with E-state index in [1.165, 1.54) is 18.9 Å². The molecule has 9 heteroatoms. The van der Waals surface area contributed by atoms with Crippen molar-refractivity contribution in [3.8, 4) is 5.75 Å². The van der Waals surface area contributed by atoms with Crippen LogP contribution in [0.5, 0.6) is 5.75 Å². The summed E-state index contributed by atoms with van der Waals surface area (Å²) in [6, 6.07) is 15.6. The Balaban J connectivity index is 1.80. The fraction of sp³-hybridized carbons (Fsp3) is 0.333. The molecule has 0 radical (unpaired) electrons. The third-order valence-corrected chi connectivity index (χ3v) is 7.53. The van der Waals surface area contributed by atoms with E-state index in [0.29, 0.717) is 0 Å². The smallest absolute Gasteiger partial charge is 0.403 e. The number of quaternary nitrogens is 1. The number of hydrogen-bond donors (Lipinski definition) is 2. The highest BCUT2D eigenvalue weighted by atomic mass is 31.3. The molecule has 0 aliphatic carbocycles. The summed E-state index contributed by atoms with van der Waals surface area (Å²) in [5.41, 5.74) is 3.05. The molecule has 0 aliphatic heterocycles. The average molecular weight is 451 g/mol. The number of phosphoric ester groups is 1. The Kier molecular flexibility index (Phi) is 6.61. The van der Waals surface area contributed by atoms with Gasteiger partial charge < -0.3 is 14.0 Å². The predicted octanol–water partition coefficient (Wildman–Crippen LogP) is 5.02. The van der Waals surface area contributed by atoms with Crippen LogP contribution in [-0.2, 0) is 26.4 Å². The SMILES string of the molecule is C[N+](C)(CCc1c[nH]c2cccc(OP(=O)(O)OP(C)(C)=O)c12)Cc1ccccc1. The molecular formula is C21H29N2O5P2+. The highest BCUT2D eigenvalue weighted by molar-refractivity contribution is 7.66. The standard InChI is InChI=1S/C21H28N2O5P2/c1-23(2,16-17-9-6-5-7-10-17)14-13-18-15-22-19-11-8-12-20(21(18)19)27-30(25,26)28-29(3,4)24/h5-12,15,22H,13-14,16H2,1-4H3/p+1. The van der Waals surface area contributed by atoms with Crippen molar-refractivity contribution in [1.29, 1.82) is 0 Å². The van der Waals surface area contributed by atoms with Gasteiger partial charge in [-0.2, -0.15) is 0 Å². The minimum Gasteiger partial charge on any atom is -0.403 e. The number of benzene rings is 2. The van der Waals surface area contributed by atoms with E-state index in [0.717, 1.165) is 40.5 Å². The number of aromatic amines is 1. The van der Waals surface area contributed by atoms with Crippen LogP contribution in [0, 0.1) is 0 Å². The molecule has 162 valence electrons. The van der Waals surface area contributed by atoms with Crippen LogP contribution in [-0.4, -0.2) is 48.3 Å². The highest BCUT2D eigenvalue weighted by Gasteiger charge is 2.31. The fourth-order valence-corrected chi connectivity index (χ4v) is 5.98. The summed E-state index contributed by atoms with van der Waals surface area (Å²) < 4.78 is 35.0. The van der Waals surface area contributed by atoms with Crippen molar-refractivity contribution in [3.05, 3.63) is 65.9 Å². The Morgan fingerprint density at radius 3 is 2.40 bits per heavy atom. The Morgan fingerprint density at radius 1 is 1.03 bits per heavy atom. The van der Waals surface area contributed by atoms with E-state index in [1.54, 1.807) is 12.1 Å². The molecule has 7 nitrogen and oxygen atoms in total. The van der Waals surface area contributed by atoms with E-state index in [1.807, 2.05) is 30.5 Å². The first-order chi connectivity index (χ1) is 13.9. The maximum Gasteiger partial charge on any atom is 0.533 e. The maximum absolute atomic E-state index is 12.3. The number of hydrogen-bond acceptors (Lipinski definition) is 4. The molecule has 2 N–H and O–H groups in total. The van der Waals surface area contributed by atoms with Gasteiger partial charge in [0.2, 0.25) is 7.37 Å². The van der Waals surface area contributed by atoms with Crippen molar-refractivity contribution in [3.63, 3.8) is 0 Å². The molecule has 1 aromatic heterocycles. The van der Waals surface area contributed by atoms with Gasteiger partial charge in [-0.15, -0.1) is 0 Å². The minimum absolute atomic E-state index is 0.233. The minimum atomic E-state index is -4.51. The topological polar surface area (TPSA) is 88.6 Å². The monoisotopic (exact) mass is 451 g/mol. The van der Waals surface area contributed by atoms with Crippen LogP contribution in [0.2, 0.25) is 0 Å². The van der Waals surface area contributed by atoms with Gasteiger partial charge in [0.15, 0.2) is 0 Å². The van der Waals surface area contributed by atoms with Crippen LogP contribution in [0.1, 0.15) is 11.1 Å². The Labute approximate surface area is 177 Å². The second-order valence-electron chi connectivity index (χ2n) is 8.44. The average Bonchev–Trinajstić information content (AvgIpc) is 3.02. The molecule has 1 unspecified atom stereocenters. The number of rotatable bonds is 9. The van der Waals surface area contributed by atoms with Crippen molar-refractivity contribution < 1.29 is 27.3 Å². The van der Waals surface area contributed by atoms with E-state index < -0.39 is 15.2 Å². The van der Waals surface area contributed by atoms with Crippen molar-refractivity contribution in [2.24, 2.45) is 0 Å². The maximum atomic E-state index is 12.3. The fourth-order valence-electron chi connectivity index (χ4n) is 3.46. The number of H-pyrrole nitrogens is 1. The number of nitrogens with zero attached hydrogens (tertiary/aromatic N) is 1. The van der Waals surface area contributed by atoms with Gasteiger partial charge in [-0.3, -0.25) is 9.46 Å². The third kappa shape index (κ3) is 6.31. The van der Waals surface area contributed by atoms with E-state index in [2.05, 4.69) is 31.2 Å². The molecule has 1 atom stereocenters. The molecule has 1 heterocycles. The molecule has 0 aliphatic rings. The van der Waals surface area contributed by atoms with Crippen molar-refractivity contribution in [2.75, 3.05) is 34.0 Å². The van der Waals surface area contributed by atoms with Crippen LogP contribution in [0.3, 0.4) is 0 Å². The normalized spacial score (nSPS) is 14.6. The lowest BCUT2D eigenvalue weighted by atomic mass is 10.1. The molecule has 30 heavy (non-hydrogen) atoms. The largest absolute Gasteiger partial charge is 0.533 e. The summed E-state index contributed by atoms with van der Waals surface area (Å²) >= 11 is 0. The predicted molar refractivity (Wildman–Crippen MR) is 120 cm³/mol. The summed E-state index contributed by atoms with van der Waals surface area (Å²) in [6.45, 7) is 4.31. The zero-order valence-electron chi connectivity index (χ0n) is 17.7. The lowest BCUT2D eigenvalue weighted by molar-refractivity contribution is -0.903. The molecule has 2 aromatic carbocycles. The molecule has 3 rings (SSSR count). The summed E-state index contributed by atoms with van der Waals surface area (Å²) in [5, 5.41) is 0.733. The Morgan fingerprint density at radius 2 is 1.73 bits per heavy atom. The van der Waals surface area contributed by atoms with Crippen LogP contribution in [0.25, 0.3) is 10.9 Å². The summed E-state index contributed by atoms with van der Waals surface area (Å²) in [5.74, 6) is 0.233. The number of aromatic nitrogens is 1. The van der Waals surface area contributed by atoms with Crippen molar-refractivity contribution >= 4 is 26.1 Å². The quantitative estimate of drug-likeness (QED) is 0.352. The molecule has 0 amide bonds. The second-order valence-corrected chi connectivity index (χ2v) is 12.7. The number of likely N-dealkylation sites (N-methyl/N-ethyl adjacent to an activating group) is 1. The second kappa shape index (κ2) is 8.70. The molecule has 0 fully saturated rings. The summed E-state index contributed by atoms with van der Waals surface area (Å²) in [6.07, 6.45) is 2.64.